The van der Waals surface area contributed by atoms with Crippen LogP contribution in [0.3, 0.4) is 0 Å². The Balaban J connectivity index is 2.15. The molecule has 1 atom stereocenters. The predicted molar refractivity (Wildman–Crippen MR) is 74.6 cm³/mol. The maximum Gasteiger partial charge on any atom is 0.224 e. The molecule has 0 aliphatic carbocycles. The number of halogens is 1. The van der Waals surface area contributed by atoms with E-state index in [1.807, 2.05) is 26.0 Å². The van der Waals surface area contributed by atoms with Crippen LogP contribution in [0.1, 0.15) is 25.6 Å². The van der Waals surface area contributed by atoms with E-state index in [9.17, 15) is 0 Å². The van der Waals surface area contributed by atoms with Crippen LogP contribution in [0.25, 0.3) is 0 Å². The van der Waals surface area contributed by atoms with E-state index < -0.39 is 0 Å². The molecule has 0 saturated carbocycles. The second kappa shape index (κ2) is 5.86. The van der Waals surface area contributed by atoms with E-state index >= 15 is 0 Å². The van der Waals surface area contributed by atoms with E-state index in [4.69, 9.17) is 4.42 Å². The molecule has 18 heavy (non-hydrogen) atoms. The van der Waals surface area contributed by atoms with Crippen molar-refractivity contribution >= 4 is 27.7 Å². The van der Waals surface area contributed by atoms with Gasteiger partial charge >= 0.3 is 0 Å². The van der Waals surface area contributed by atoms with Crippen molar-refractivity contribution in [1.29, 1.82) is 0 Å². The van der Waals surface area contributed by atoms with Gasteiger partial charge in [-0.25, -0.2) is 4.98 Å². The van der Waals surface area contributed by atoms with Crippen molar-refractivity contribution < 1.29 is 4.42 Å². The zero-order valence-corrected chi connectivity index (χ0v) is 11.9. The van der Waals surface area contributed by atoms with Crippen LogP contribution < -0.4 is 10.6 Å². The molecule has 0 bridgehead atoms. The highest BCUT2D eigenvalue weighted by Gasteiger charge is 2.11. The molecule has 0 saturated heterocycles. The molecule has 0 radical (unpaired) electrons. The van der Waals surface area contributed by atoms with E-state index in [0.29, 0.717) is 5.95 Å². The zero-order chi connectivity index (χ0) is 13.0. The smallest absolute Gasteiger partial charge is 0.224 e. The standard InChI is InChI=1S/C12H15BrN4O/c1-3-14-12-15-7-9(13)11(17-12)16-8(2)10-5-4-6-18-10/h4-8H,3H2,1-2H3,(H2,14,15,16,17). The van der Waals surface area contributed by atoms with Gasteiger partial charge in [-0.05, 0) is 41.9 Å². The summed E-state index contributed by atoms with van der Waals surface area (Å²) in [7, 11) is 0. The maximum atomic E-state index is 5.35. The Morgan fingerprint density at radius 3 is 3.00 bits per heavy atom. The van der Waals surface area contributed by atoms with Gasteiger partial charge in [-0.15, -0.1) is 0 Å². The first kappa shape index (κ1) is 12.9. The summed E-state index contributed by atoms with van der Waals surface area (Å²) in [5.74, 6) is 2.21. The third kappa shape index (κ3) is 3.01. The molecule has 0 amide bonds. The minimum absolute atomic E-state index is 0.0423. The first-order valence-corrected chi connectivity index (χ1v) is 6.56. The molecule has 96 valence electrons. The summed E-state index contributed by atoms with van der Waals surface area (Å²) in [6.07, 6.45) is 3.38. The number of rotatable bonds is 5. The van der Waals surface area contributed by atoms with Gasteiger partial charge in [0.2, 0.25) is 5.95 Å². The van der Waals surface area contributed by atoms with Crippen molar-refractivity contribution in [2.75, 3.05) is 17.2 Å². The number of furan rings is 1. The Labute approximate surface area is 114 Å². The van der Waals surface area contributed by atoms with Gasteiger partial charge in [0.1, 0.15) is 11.6 Å². The van der Waals surface area contributed by atoms with Crippen molar-refractivity contribution in [2.45, 2.75) is 19.9 Å². The summed E-state index contributed by atoms with van der Waals surface area (Å²) in [6.45, 7) is 4.80. The van der Waals surface area contributed by atoms with Gasteiger partial charge < -0.3 is 15.1 Å². The summed E-state index contributed by atoms with van der Waals surface area (Å²) in [5, 5.41) is 6.36. The lowest BCUT2D eigenvalue weighted by Crippen LogP contribution is -2.10. The SMILES string of the molecule is CCNc1ncc(Br)c(NC(C)c2ccco2)n1. The molecule has 0 aromatic carbocycles. The average molecular weight is 311 g/mol. The molecule has 6 heteroatoms. The van der Waals surface area contributed by atoms with Crippen molar-refractivity contribution in [3.05, 3.63) is 34.8 Å². The minimum Gasteiger partial charge on any atom is -0.467 e. The fourth-order valence-electron chi connectivity index (χ4n) is 1.53. The Morgan fingerprint density at radius 2 is 2.33 bits per heavy atom. The number of hydrogen-bond acceptors (Lipinski definition) is 5. The molecule has 0 spiro atoms. The summed E-state index contributed by atoms with van der Waals surface area (Å²) in [5.41, 5.74) is 0. The van der Waals surface area contributed by atoms with Gasteiger partial charge in [-0.2, -0.15) is 4.98 Å². The van der Waals surface area contributed by atoms with E-state index in [0.717, 1.165) is 22.6 Å². The van der Waals surface area contributed by atoms with Gasteiger partial charge in [0, 0.05) is 12.7 Å². The lowest BCUT2D eigenvalue weighted by atomic mass is 10.2. The van der Waals surface area contributed by atoms with E-state index in [1.54, 1.807) is 12.5 Å². The molecular weight excluding hydrogens is 296 g/mol. The Kier molecular flexibility index (Phi) is 4.19. The fourth-order valence-corrected chi connectivity index (χ4v) is 1.83. The highest BCUT2D eigenvalue weighted by atomic mass is 79.9. The van der Waals surface area contributed by atoms with Gasteiger partial charge in [0.15, 0.2) is 0 Å². The predicted octanol–water partition coefficient (Wildman–Crippen LogP) is 3.44. The second-order valence-electron chi connectivity index (χ2n) is 3.80. The topological polar surface area (TPSA) is 63.0 Å². The van der Waals surface area contributed by atoms with Crippen LogP contribution in [0.4, 0.5) is 11.8 Å². The quantitative estimate of drug-likeness (QED) is 0.885. The number of aromatic nitrogens is 2. The molecule has 0 fully saturated rings. The molecule has 0 aliphatic rings. The summed E-state index contributed by atoms with van der Waals surface area (Å²) in [6, 6.07) is 3.84. The highest BCUT2D eigenvalue weighted by Crippen LogP contribution is 2.25. The van der Waals surface area contributed by atoms with E-state index in [1.165, 1.54) is 0 Å². The summed E-state index contributed by atoms with van der Waals surface area (Å²) >= 11 is 3.43. The van der Waals surface area contributed by atoms with Gasteiger partial charge in [0.05, 0.1) is 16.8 Å². The van der Waals surface area contributed by atoms with E-state index in [-0.39, 0.29) is 6.04 Å². The van der Waals surface area contributed by atoms with Crippen LogP contribution in [0.5, 0.6) is 0 Å². The third-order valence-electron chi connectivity index (χ3n) is 2.40. The number of hydrogen-bond donors (Lipinski definition) is 2. The lowest BCUT2D eigenvalue weighted by molar-refractivity contribution is 0.490. The van der Waals surface area contributed by atoms with Crippen molar-refractivity contribution in [3.8, 4) is 0 Å². The van der Waals surface area contributed by atoms with Crippen LogP contribution >= 0.6 is 15.9 Å². The Morgan fingerprint density at radius 1 is 1.50 bits per heavy atom. The van der Waals surface area contributed by atoms with Crippen molar-refractivity contribution in [2.24, 2.45) is 0 Å². The largest absolute Gasteiger partial charge is 0.467 e. The summed E-state index contributed by atoms with van der Waals surface area (Å²) in [4.78, 5) is 8.56. The number of nitrogens with zero attached hydrogens (tertiary/aromatic N) is 2. The second-order valence-corrected chi connectivity index (χ2v) is 4.66. The number of anilines is 2. The maximum absolute atomic E-state index is 5.35. The lowest BCUT2D eigenvalue weighted by Gasteiger charge is -2.14. The van der Waals surface area contributed by atoms with Crippen LogP contribution in [0.2, 0.25) is 0 Å². The fraction of sp³-hybridized carbons (Fsp3) is 0.333. The molecule has 5 nitrogen and oxygen atoms in total. The normalized spacial score (nSPS) is 12.2. The monoisotopic (exact) mass is 310 g/mol. The first-order valence-electron chi connectivity index (χ1n) is 5.77. The molecule has 2 aromatic heterocycles. The zero-order valence-electron chi connectivity index (χ0n) is 10.3. The molecule has 2 aromatic rings. The van der Waals surface area contributed by atoms with Gasteiger partial charge in [0.25, 0.3) is 0 Å². The minimum atomic E-state index is 0.0423. The first-order chi connectivity index (χ1) is 8.70. The van der Waals surface area contributed by atoms with E-state index in [2.05, 4.69) is 36.5 Å². The van der Waals surface area contributed by atoms with Crippen LogP contribution in [0.15, 0.2) is 33.5 Å². The van der Waals surface area contributed by atoms with Crippen LogP contribution in [-0.2, 0) is 0 Å². The third-order valence-corrected chi connectivity index (χ3v) is 2.98. The van der Waals surface area contributed by atoms with Crippen LogP contribution in [0, 0.1) is 0 Å². The Hall–Kier alpha value is -1.56. The molecule has 1 unspecified atom stereocenters. The molecule has 0 aliphatic heterocycles. The molecular formula is C12H15BrN4O. The summed E-state index contributed by atoms with van der Waals surface area (Å²) < 4.78 is 6.17. The molecule has 2 N–H and O–H groups in total. The van der Waals surface area contributed by atoms with Crippen LogP contribution in [-0.4, -0.2) is 16.5 Å². The van der Waals surface area contributed by atoms with Crippen molar-refractivity contribution in [3.63, 3.8) is 0 Å². The highest BCUT2D eigenvalue weighted by molar-refractivity contribution is 9.10. The molecule has 2 rings (SSSR count). The average Bonchev–Trinajstić information content (AvgIpc) is 2.87. The van der Waals surface area contributed by atoms with Gasteiger partial charge in [-0.3, -0.25) is 0 Å². The van der Waals surface area contributed by atoms with Gasteiger partial charge in [-0.1, -0.05) is 0 Å². The van der Waals surface area contributed by atoms with Crippen molar-refractivity contribution in [1.82, 2.24) is 9.97 Å². The Bertz CT molecular complexity index is 501. The molecule has 2 heterocycles. The number of nitrogens with one attached hydrogen (secondary N) is 2.